The molecule has 0 saturated carbocycles. The number of fused-ring (bicyclic) bond motifs is 3. The van der Waals surface area contributed by atoms with E-state index in [9.17, 15) is 4.79 Å². The summed E-state index contributed by atoms with van der Waals surface area (Å²) in [6, 6.07) is 9.38. The van der Waals surface area contributed by atoms with Crippen LogP contribution in [-0.4, -0.2) is 29.1 Å². The number of ether oxygens (including phenoxy) is 1. The first-order chi connectivity index (χ1) is 11.1. The number of H-pyrrole nitrogens is 1. The number of carbonyl (C=O) groups excluding carboxylic acids is 1. The lowest BCUT2D eigenvalue weighted by molar-refractivity contribution is 0.0414. The molecule has 120 valence electrons. The van der Waals surface area contributed by atoms with Crippen LogP contribution in [-0.2, 0) is 4.74 Å². The number of aromatic nitrogens is 2. The number of pyridine rings is 1. The van der Waals surface area contributed by atoms with E-state index >= 15 is 0 Å². The molecule has 0 spiro atoms. The molecule has 1 aromatic carbocycles. The fourth-order valence-corrected chi connectivity index (χ4v) is 2.74. The topological polar surface area (TPSA) is 81.0 Å². The van der Waals surface area contributed by atoms with Crippen molar-refractivity contribution in [3.63, 3.8) is 0 Å². The Morgan fingerprint density at radius 2 is 2.13 bits per heavy atom. The van der Waals surface area contributed by atoms with Gasteiger partial charge in [0, 0.05) is 28.4 Å². The predicted octanol–water partition coefficient (Wildman–Crippen LogP) is 3.10. The van der Waals surface area contributed by atoms with Gasteiger partial charge in [0.15, 0.2) is 0 Å². The quantitative estimate of drug-likeness (QED) is 0.709. The molecule has 0 aliphatic rings. The summed E-state index contributed by atoms with van der Waals surface area (Å²) in [5.74, 6) is 0.225. The van der Waals surface area contributed by atoms with E-state index in [1.165, 1.54) is 0 Å². The number of nitrogens with two attached hydrogens (primary N) is 1. The number of nitrogens with one attached hydrogen (secondary N) is 1. The Bertz CT molecular complexity index is 839. The smallest absolute Gasteiger partial charge is 0.338 e. The number of benzene rings is 1. The third-order valence-electron chi connectivity index (χ3n) is 4.29. The lowest BCUT2D eigenvalue weighted by Gasteiger charge is -2.18. The zero-order valence-electron chi connectivity index (χ0n) is 13.4. The third kappa shape index (κ3) is 2.92. The Morgan fingerprint density at radius 1 is 1.30 bits per heavy atom. The van der Waals surface area contributed by atoms with Gasteiger partial charge in [-0.25, -0.2) is 9.78 Å². The summed E-state index contributed by atoms with van der Waals surface area (Å²) < 4.78 is 5.52. The average Bonchev–Trinajstić information content (AvgIpc) is 2.93. The van der Waals surface area contributed by atoms with Gasteiger partial charge in [-0.1, -0.05) is 19.9 Å². The van der Waals surface area contributed by atoms with E-state index in [1.807, 2.05) is 24.3 Å². The van der Waals surface area contributed by atoms with Gasteiger partial charge in [-0.3, -0.25) is 0 Å². The van der Waals surface area contributed by atoms with Gasteiger partial charge in [-0.05, 0) is 36.7 Å². The first-order valence-corrected chi connectivity index (χ1v) is 7.84. The monoisotopic (exact) mass is 311 g/mol. The molecular formula is C18H21N3O2. The molecule has 0 aliphatic carbocycles. The van der Waals surface area contributed by atoms with E-state index in [0.29, 0.717) is 24.6 Å². The summed E-state index contributed by atoms with van der Waals surface area (Å²) in [4.78, 5) is 20.1. The first-order valence-electron chi connectivity index (χ1n) is 7.84. The Morgan fingerprint density at radius 3 is 2.87 bits per heavy atom. The van der Waals surface area contributed by atoms with Crippen molar-refractivity contribution in [3.05, 3.63) is 42.1 Å². The maximum atomic E-state index is 12.5. The summed E-state index contributed by atoms with van der Waals surface area (Å²) in [5.41, 5.74) is 7.95. The summed E-state index contributed by atoms with van der Waals surface area (Å²) in [6.45, 7) is 5.00. The molecule has 2 heterocycles. The van der Waals surface area contributed by atoms with Crippen LogP contribution < -0.4 is 5.73 Å². The SMILES string of the molecule is CC(C)C(CN)COC(=O)c1cccc2[nH]c3ncccc3c12. The van der Waals surface area contributed by atoms with E-state index in [4.69, 9.17) is 10.5 Å². The molecule has 3 aromatic rings. The van der Waals surface area contributed by atoms with E-state index < -0.39 is 0 Å². The molecule has 0 saturated heterocycles. The number of aromatic amines is 1. The van der Waals surface area contributed by atoms with Crippen molar-refractivity contribution in [1.82, 2.24) is 9.97 Å². The standard InChI is InChI=1S/C18H21N3O2/c1-11(2)12(9-19)10-23-18(22)14-5-3-7-15-16(14)13-6-4-8-20-17(13)21-15/h3-8,11-12H,9-10,19H2,1-2H3,(H,20,21). The van der Waals surface area contributed by atoms with Gasteiger partial charge in [-0.2, -0.15) is 0 Å². The summed E-state index contributed by atoms with van der Waals surface area (Å²) in [6.07, 6.45) is 1.73. The molecule has 1 unspecified atom stereocenters. The Hall–Kier alpha value is -2.40. The number of esters is 1. The predicted molar refractivity (Wildman–Crippen MR) is 91.3 cm³/mol. The fraction of sp³-hybridized carbons (Fsp3) is 0.333. The molecule has 0 aliphatic heterocycles. The van der Waals surface area contributed by atoms with Crippen LogP contribution in [0.15, 0.2) is 36.5 Å². The summed E-state index contributed by atoms with van der Waals surface area (Å²) in [7, 11) is 0. The second-order valence-electron chi connectivity index (χ2n) is 6.09. The van der Waals surface area contributed by atoms with Crippen LogP contribution in [0.1, 0.15) is 24.2 Å². The van der Waals surface area contributed by atoms with Crippen LogP contribution in [0.3, 0.4) is 0 Å². The van der Waals surface area contributed by atoms with Crippen LogP contribution in [0.4, 0.5) is 0 Å². The van der Waals surface area contributed by atoms with Crippen LogP contribution in [0.2, 0.25) is 0 Å². The van der Waals surface area contributed by atoms with Crippen LogP contribution in [0.25, 0.3) is 21.9 Å². The maximum absolute atomic E-state index is 12.5. The fourth-order valence-electron chi connectivity index (χ4n) is 2.74. The second kappa shape index (κ2) is 6.38. The normalized spacial score (nSPS) is 12.9. The second-order valence-corrected chi connectivity index (χ2v) is 6.09. The lowest BCUT2D eigenvalue weighted by atomic mass is 9.97. The molecule has 23 heavy (non-hydrogen) atoms. The molecule has 0 bridgehead atoms. The van der Waals surface area contributed by atoms with Gasteiger partial charge in [0.2, 0.25) is 0 Å². The van der Waals surface area contributed by atoms with E-state index in [-0.39, 0.29) is 11.9 Å². The van der Waals surface area contributed by atoms with Crippen LogP contribution in [0.5, 0.6) is 0 Å². The average molecular weight is 311 g/mol. The molecule has 3 rings (SSSR count). The van der Waals surface area contributed by atoms with Gasteiger partial charge >= 0.3 is 5.97 Å². The minimum absolute atomic E-state index is 0.169. The minimum atomic E-state index is -0.320. The largest absolute Gasteiger partial charge is 0.462 e. The maximum Gasteiger partial charge on any atom is 0.338 e. The minimum Gasteiger partial charge on any atom is -0.462 e. The molecule has 0 amide bonds. The zero-order chi connectivity index (χ0) is 16.4. The van der Waals surface area contributed by atoms with Crippen LogP contribution in [0, 0.1) is 11.8 Å². The van der Waals surface area contributed by atoms with Crippen molar-refractivity contribution in [2.24, 2.45) is 17.6 Å². The molecular weight excluding hydrogens is 290 g/mol. The molecule has 3 N–H and O–H groups in total. The van der Waals surface area contributed by atoms with Crippen molar-refractivity contribution in [3.8, 4) is 0 Å². The Labute approximate surface area is 134 Å². The molecule has 5 nitrogen and oxygen atoms in total. The molecule has 5 heteroatoms. The zero-order valence-corrected chi connectivity index (χ0v) is 13.4. The van der Waals surface area contributed by atoms with Gasteiger partial charge in [0.25, 0.3) is 0 Å². The summed E-state index contributed by atoms with van der Waals surface area (Å²) in [5, 5.41) is 1.78. The highest BCUT2D eigenvalue weighted by Crippen LogP contribution is 2.27. The van der Waals surface area contributed by atoms with Crippen LogP contribution >= 0.6 is 0 Å². The van der Waals surface area contributed by atoms with Gasteiger partial charge < -0.3 is 15.5 Å². The number of hydrogen-bond donors (Lipinski definition) is 2. The van der Waals surface area contributed by atoms with Crippen molar-refractivity contribution < 1.29 is 9.53 Å². The number of nitrogens with zero attached hydrogens (tertiary/aromatic N) is 1. The highest BCUT2D eigenvalue weighted by Gasteiger charge is 2.18. The van der Waals surface area contributed by atoms with Gasteiger partial charge in [0.1, 0.15) is 5.65 Å². The molecule has 0 radical (unpaired) electrons. The Kier molecular flexibility index (Phi) is 4.30. The molecule has 1 atom stereocenters. The lowest BCUT2D eigenvalue weighted by Crippen LogP contribution is -2.26. The van der Waals surface area contributed by atoms with Gasteiger partial charge in [-0.15, -0.1) is 0 Å². The van der Waals surface area contributed by atoms with E-state index in [0.717, 1.165) is 21.9 Å². The van der Waals surface area contributed by atoms with Crippen molar-refractivity contribution in [2.45, 2.75) is 13.8 Å². The Balaban J connectivity index is 1.94. The van der Waals surface area contributed by atoms with Crippen molar-refractivity contribution >= 4 is 27.9 Å². The molecule has 2 aromatic heterocycles. The highest BCUT2D eigenvalue weighted by molar-refractivity contribution is 6.15. The summed E-state index contributed by atoms with van der Waals surface area (Å²) >= 11 is 0. The highest BCUT2D eigenvalue weighted by atomic mass is 16.5. The van der Waals surface area contributed by atoms with Crippen molar-refractivity contribution in [2.75, 3.05) is 13.2 Å². The van der Waals surface area contributed by atoms with E-state index in [2.05, 4.69) is 23.8 Å². The number of rotatable bonds is 5. The third-order valence-corrected chi connectivity index (χ3v) is 4.29. The first kappa shape index (κ1) is 15.5. The number of hydrogen-bond acceptors (Lipinski definition) is 4. The van der Waals surface area contributed by atoms with E-state index in [1.54, 1.807) is 12.3 Å². The van der Waals surface area contributed by atoms with Crippen molar-refractivity contribution in [1.29, 1.82) is 0 Å². The number of carbonyl (C=O) groups is 1. The molecule has 0 fully saturated rings. The van der Waals surface area contributed by atoms with Gasteiger partial charge in [0.05, 0.1) is 12.2 Å².